The Hall–Kier alpha value is -2.43. The zero-order valence-electron chi connectivity index (χ0n) is 17.5. The Balaban J connectivity index is 1.65. The quantitative estimate of drug-likeness (QED) is 0.728. The van der Waals surface area contributed by atoms with Crippen molar-refractivity contribution in [2.45, 2.75) is 33.6 Å². The lowest BCUT2D eigenvalue weighted by atomic mass is 10.1. The van der Waals surface area contributed by atoms with E-state index in [4.69, 9.17) is 5.26 Å². The number of hydrogen-bond acceptors (Lipinski definition) is 6. The molecule has 0 atom stereocenters. The van der Waals surface area contributed by atoms with E-state index in [-0.39, 0.29) is 5.91 Å². The average Bonchev–Trinajstić information content (AvgIpc) is 2.99. The Morgan fingerprint density at radius 1 is 1.21 bits per heavy atom. The van der Waals surface area contributed by atoms with E-state index in [2.05, 4.69) is 40.1 Å². The molecule has 1 aromatic carbocycles. The maximum atomic E-state index is 13.1. The van der Waals surface area contributed by atoms with Gasteiger partial charge in [-0.1, -0.05) is 6.07 Å². The summed E-state index contributed by atoms with van der Waals surface area (Å²) in [5.41, 5.74) is 4.29. The predicted octanol–water partition coefficient (Wildman–Crippen LogP) is 3.53. The van der Waals surface area contributed by atoms with E-state index in [1.807, 2.05) is 25.1 Å². The Morgan fingerprint density at radius 3 is 2.72 bits per heavy atom. The fraction of sp³-hybridized carbons (Fsp3) is 0.500. The third-order valence-corrected chi connectivity index (χ3v) is 6.39. The Bertz CT molecular complexity index is 888. The van der Waals surface area contributed by atoms with Gasteiger partial charge in [-0.2, -0.15) is 5.26 Å². The molecule has 1 fully saturated rings. The number of benzene rings is 1. The highest BCUT2D eigenvalue weighted by Gasteiger charge is 2.22. The Kier molecular flexibility index (Phi) is 7.24. The number of aromatic nitrogens is 1. The highest BCUT2D eigenvalue weighted by Crippen LogP contribution is 2.22. The van der Waals surface area contributed by atoms with Crippen molar-refractivity contribution >= 4 is 28.1 Å². The normalized spacial score (nSPS) is 15.0. The summed E-state index contributed by atoms with van der Waals surface area (Å²) in [7, 11) is 0. The molecule has 0 spiro atoms. The van der Waals surface area contributed by atoms with Crippen molar-refractivity contribution < 1.29 is 4.79 Å². The number of carbonyl (C=O) groups excluding carboxylic acids is 1. The van der Waals surface area contributed by atoms with Crippen LogP contribution >= 0.6 is 11.3 Å². The number of nitrogens with zero attached hydrogens (tertiary/aromatic N) is 5. The number of aryl methyl sites for hydroxylation is 3. The number of carbonyl (C=O) groups is 1. The third-order valence-electron chi connectivity index (χ3n) is 5.38. The van der Waals surface area contributed by atoms with E-state index in [0.717, 1.165) is 54.7 Å². The van der Waals surface area contributed by atoms with Gasteiger partial charge in [0.2, 0.25) is 5.91 Å². The van der Waals surface area contributed by atoms with Crippen LogP contribution in [0.1, 0.15) is 29.7 Å². The molecule has 154 valence electrons. The molecule has 2 heterocycles. The van der Waals surface area contributed by atoms with E-state index in [1.54, 1.807) is 16.2 Å². The summed E-state index contributed by atoms with van der Waals surface area (Å²) in [6.07, 6.45) is 1.34. The van der Waals surface area contributed by atoms with Gasteiger partial charge in [-0.3, -0.25) is 9.69 Å². The summed E-state index contributed by atoms with van der Waals surface area (Å²) in [6.45, 7) is 10.5. The van der Waals surface area contributed by atoms with Crippen LogP contribution in [0.15, 0.2) is 23.6 Å². The molecule has 1 aromatic heterocycles. The molecule has 0 radical (unpaired) electrons. The lowest BCUT2D eigenvalue weighted by Crippen LogP contribution is -2.42. The van der Waals surface area contributed by atoms with Gasteiger partial charge in [-0.25, -0.2) is 4.98 Å². The first-order chi connectivity index (χ1) is 14.0. The van der Waals surface area contributed by atoms with Crippen LogP contribution in [0.25, 0.3) is 0 Å². The van der Waals surface area contributed by atoms with Crippen LogP contribution in [0, 0.1) is 32.1 Å². The molecule has 1 aliphatic rings. The van der Waals surface area contributed by atoms with Crippen molar-refractivity contribution in [2.24, 2.45) is 0 Å². The third kappa shape index (κ3) is 5.55. The van der Waals surface area contributed by atoms with Crippen molar-refractivity contribution in [1.82, 2.24) is 9.88 Å². The highest BCUT2D eigenvalue weighted by atomic mass is 32.1. The fourth-order valence-corrected chi connectivity index (χ4v) is 4.39. The second-order valence-corrected chi connectivity index (χ2v) is 8.45. The standard InChI is InChI=1S/C22H29N5OS/c1-17-6-7-20(14-18(17)2)27(11-4-8-23)21(28)15-25-9-5-10-26(13-12-25)22-24-19(3)16-29-22/h6-7,14,16H,4-5,9-13,15H2,1-3H3. The van der Waals surface area contributed by atoms with E-state index >= 15 is 0 Å². The van der Waals surface area contributed by atoms with Crippen LogP contribution in [-0.4, -0.2) is 55.1 Å². The van der Waals surface area contributed by atoms with Gasteiger partial charge < -0.3 is 9.80 Å². The Morgan fingerprint density at radius 2 is 2.03 bits per heavy atom. The first-order valence-corrected chi connectivity index (χ1v) is 11.0. The zero-order valence-corrected chi connectivity index (χ0v) is 18.3. The van der Waals surface area contributed by atoms with Crippen molar-refractivity contribution in [3.8, 4) is 6.07 Å². The largest absolute Gasteiger partial charge is 0.347 e. The molecule has 7 heteroatoms. The molecule has 2 aromatic rings. The molecule has 0 unspecified atom stereocenters. The van der Waals surface area contributed by atoms with Crippen LogP contribution in [0.5, 0.6) is 0 Å². The van der Waals surface area contributed by atoms with E-state index < -0.39 is 0 Å². The summed E-state index contributed by atoms with van der Waals surface area (Å²) in [6, 6.07) is 8.23. The molecule has 6 nitrogen and oxygen atoms in total. The van der Waals surface area contributed by atoms with Crippen molar-refractivity contribution in [3.63, 3.8) is 0 Å². The second-order valence-electron chi connectivity index (χ2n) is 7.61. The van der Waals surface area contributed by atoms with Gasteiger partial charge in [0.05, 0.1) is 24.7 Å². The van der Waals surface area contributed by atoms with Crippen molar-refractivity contribution in [1.29, 1.82) is 5.26 Å². The molecule has 1 amide bonds. The van der Waals surface area contributed by atoms with Gasteiger partial charge in [-0.05, 0) is 50.5 Å². The van der Waals surface area contributed by atoms with Gasteiger partial charge >= 0.3 is 0 Å². The average molecular weight is 412 g/mol. The van der Waals surface area contributed by atoms with Gasteiger partial charge in [0.15, 0.2) is 5.13 Å². The predicted molar refractivity (Wildman–Crippen MR) is 119 cm³/mol. The summed E-state index contributed by atoms with van der Waals surface area (Å²) in [5.74, 6) is 0.0575. The number of thiazole rings is 1. The van der Waals surface area contributed by atoms with E-state index in [9.17, 15) is 4.79 Å². The number of amides is 1. The van der Waals surface area contributed by atoms with Crippen molar-refractivity contribution in [2.75, 3.05) is 49.1 Å². The molecule has 1 saturated heterocycles. The van der Waals surface area contributed by atoms with Crippen LogP contribution in [-0.2, 0) is 4.79 Å². The van der Waals surface area contributed by atoms with Crippen molar-refractivity contribution in [3.05, 3.63) is 40.4 Å². The van der Waals surface area contributed by atoms with Crippen LogP contribution in [0.2, 0.25) is 0 Å². The number of rotatable bonds is 6. The molecule has 0 aliphatic carbocycles. The fourth-order valence-electron chi connectivity index (χ4n) is 3.54. The first kappa shape index (κ1) is 21.3. The molecular weight excluding hydrogens is 382 g/mol. The molecule has 0 bridgehead atoms. The highest BCUT2D eigenvalue weighted by molar-refractivity contribution is 7.13. The molecule has 29 heavy (non-hydrogen) atoms. The minimum Gasteiger partial charge on any atom is -0.347 e. The number of hydrogen-bond donors (Lipinski definition) is 0. The lowest BCUT2D eigenvalue weighted by molar-refractivity contribution is -0.119. The molecule has 0 N–H and O–H groups in total. The monoisotopic (exact) mass is 411 g/mol. The maximum absolute atomic E-state index is 13.1. The second kappa shape index (κ2) is 9.86. The van der Waals surface area contributed by atoms with Gasteiger partial charge in [0.1, 0.15) is 0 Å². The zero-order chi connectivity index (χ0) is 20.8. The topological polar surface area (TPSA) is 63.5 Å². The summed E-state index contributed by atoms with van der Waals surface area (Å²) >= 11 is 1.68. The summed E-state index contributed by atoms with van der Waals surface area (Å²) in [5, 5.41) is 12.2. The van der Waals surface area contributed by atoms with Gasteiger partial charge in [0, 0.05) is 43.8 Å². The lowest BCUT2D eigenvalue weighted by Gasteiger charge is -2.27. The van der Waals surface area contributed by atoms with Crippen LogP contribution < -0.4 is 9.80 Å². The van der Waals surface area contributed by atoms with Crippen LogP contribution in [0.3, 0.4) is 0 Å². The smallest absolute Gasteiger partial charge is 0.241 e. The van der Waals surface area contributed by atoms with E-state index in [1.165, 1.54) is 5.56 Å². The van der Waals surface area contributed by atoms with Gasteiger partial charge in [0.25, 0.3) is 0 Å². The first-order valence-electron chi connectivity index (χ1n) is 10.1. The van der Waals surface area contributed by atoms with Crippen LogP contribution in [0.4, 0.5) is 10.8 Å². The Labute approximate surface area is 177 Å². The maximum Gasteiger partial charge on any atom is 0.241 e. The SMILES string of the molecule is Cc1csc(N2CCCN(CC(=O)N(CCC#N)c3ccc(C)c(C)c3)CC2)n1. The summed E-state index contributed by atoms with van der Waals surface area (Å²) in [4.78, 5) is 24.0. The number of nitriles is 1. The van der Waals surface area contributed by atoms with Gasteiger partial charge in [-0.15, -0.1) is 11.3 Å². The minimum absolute atomic E-state index is 0.0575. The number of anilines is 2. The molecule has 3 rings (SSSR count). The molecule has 1 aliphatic heterocycles. The summed E-state index contributed by atoms with van der Waals surface area (Å²) < 4.78 is 0. The minimum atomic E-state index is 0.0575. The molecular formula is C22H29N5OS. The van der Waals surface area contributed by atoms with E-state index in [0.29, 0.717) is 19.5 Å². The molecule has 0 saturated carbocycles.